The van der Waals surface area contributed by atoms with Crippen LogP contribution >= 0.6 is 0 Å². The number of benzene rings is 2. The molecule has 0 aliphatic carbocycles. The van der Waals surface area contributed by atoms with E-state index in [9.17, 15) is 14.7 Å². The van der Waals surface area contributed by atoms with Crippen molar-refractivity contribution in [1.82, 2.24) is 25.6 Å². The standard InChI is InChI=1S/C35H44N6O4/c1-34(2,3)26-11-13-27(14-12-26)41-31(23-29(39-41)25-17-20-36-21-18-25)37-19-7-8-32(43)45-40-33(44)30(38-35(4,5)6)22-24-9-15-28(42)16-10-24/h9-18,20-21,23,30,37-38,42H,7-8,19,22H2,1-6H3,(H,40,44)/t30-/m0/s1. The number of anilines is 1. The van der Waals surface area contributed by atoms with Crippen molar-refractivity contribution >= 4 is 17.7 Å². The number of aromatic nitrogens is 3. The Balaban J connectivity index is 1.34. The maximum absolute atomic E-state index is 13.0. The molecular formula is C35H44N6O4. The predicted octanol–water partition coefficient (Wildman–Crippen LogP) is 5.70. The molecule has 0 spiro atoms. The van der Waals surface area contributed by atoms with E-state index in [-0.39, 0.29) is 23.1 Å². The first kappa shape index (κ1) is 33.2. The van der Waals surface area contributed by atoms with Crippen LogP contribution in [0, 0.1) is 0 Å². The Hall–Kier alpha value is -4.70. The van der Waals surface area contributed by atoms with Crippen LogP contribution < -0.4 is 16.1 Å². The summed E-state index contributed by atoms with van der Waals surface area (Å²) in [5.41, 5.74) is 6.76. The maximum Gasteiger partial charge on any atom is 0.332 e. The monoisotopic (exact) mass is 612 g/mol. The molecule has 0 fully saturated rings. The van der Waals surface area contributed by atoms with Gasteiger partial charge in [-0.3, -0.25) is 9.78 Å². The van der Waals surface area contributed by atoms with Gasteiger partial charge >= 0.3 is 5.97 Å². The number of hydroxylamine groups is 1. The number of phenolic OH excluding ortho intramolecular Hbond substituents is 1. The van der Waals surface area contributed by atoms with Crippen molar-refractivity contribution in [2.75, 3.05) is 11.9 Å². The highest BCUT2D eigenvalue weighted by Crippen LogP contribution is 2.27. The van der Waals surface area contributed by atoms with Crippen LogP contribution in [-0.2, 0) is 26.3 Å². The normalized spacial score (nSPS) is 12.4. The Morgan fingerprint density at radius 1 is 0.933 bits per heavy atom. The lowest BCUT2D eigenvalue weighted by Crippen LogP contribution is -2.52. The summed E-state index contributed by atoms with van der Waals surface area (Å²) in [4.78, 5) is 34.7. The van der Waals surface area contributed by atoms with Crippen LogP contribution in [0.3, 0.4) is 0 Å². The number of hydrogen-bond donors (Lipinski definition) is 4. The van der Waals surface area contributed by atoms with Crippen LogP contribution in [-0.4, -0.2) is 49.9 Å². The van der Waals surface area contributed by atoms with Gasteiger partial charge in [0.2, 0.25) is 0 Å². The molecule has 1 amide bonds. The Morgan fingerprint density at radius 3 is 2.22 bits per heavy atom. The van der Waals surface area contributed by atoms with Crippen molar-refractivity contribution in [2.24, 2.45) is 0 Å². The summed E-state index contributed by atoms with van der Waals surface area (Å²) in [6.07, 6.45) is 4.41. The second-order valence-corrected chi connectivity index (χ2v) is 13.1. The van der Waals surface area contributed by atoms with Gasteiger partial charge in [-0.2, -0.15) is 10.6 Å². The highest BCUT2D eigenvalue weighted by molar-refractivity contribution is 5.83. The van der Waals surface area contributed by atoms with Gasteiger partial charge in [0.25, 0.3) is 5.91 Å². The Labute approximate surface area is 265 Å². The van der Waals surface area contributed by atoms with Gasteiger partial charge in [-0.05, 0) is 86.6 Å². The first-order valence-corrected chi connectivity index (χ1v) is 15.2. The minimum absolute atomic E-state index is 0.0385. The molecule has 4 N–H and O–H groups in total. The maximum atomic E-state index is 13.0. The molecule has 0 radical (unpaired) electrons. The Morgan fingerprint density at radius 2 is 1.60 bits per heavy atom. The van der Waals surface area contributed by atoms with Crippen molar-refractivity contribution in [3.05, 3.63) is 90.3 Å². The van der Waals surface area contributed by atoms with Crippen molar-refractivity contribution in [2.45, 2.75) is 77.8 Å². The van der Waals surface area contributed by atoms with Gasteiger partial charge in [0.1, 0.15) is 11.6 Å². The van der Waals surface area contributed by atoms with Crippen LogP contribution in [0.2, 0.25) is 0 Å². The molecular weight excluding hydrogens is 568 g/mol. The first-order chi connectivity index (χ1) is 21.3. The lowest BCUT2D eigenvalue weighted by Gasteiger charge is -2.27. The number of amides is 1. The van der Waals surface area contributed by atoms with Crippen LogP contribution in [0.5, 0.6) is 5.75 Å². The molecule has 2 aromatic heterocycles. The minimum Gasteiger partial charge on any atom is -0.508 e. The fraction of sp³-hybridized carbons (Fsp3) is 0.371. The third-order valence-corrected chi connectivity index (χ3v) is 7.09. The summed E-state index contributed by atoms with van der Waals surface area (Å²) in [5, 5.41) is 21.1. The molecule has 0 aliphatic heterocycles. The first-order valence-electron chi connectivity index (χ1n) is 15.2. The highest BCUT2D eigenvalue weighted by atomic mass is 16.7. The van der Waals surface area contributed by atoms with Gasteiger partial charge in [-0.15, -0.1) is 0 Å². The smallest absolute Gasteiger partial charge is 0.332 e. The predicted molar refractivity (Wildman–Crippen MR) is 176 cm³/mol. The van der Waals surface area contributed by atoms with E-state index in [4.69, 9.17) is 9.94 Å². The third kappa shape index (κ3) is 9.90. The van der Waals surface area contributed by atoms with Crippen LogP contribution in [0.15, 0.2) is 79.1 Å². The summed E-state index contributed by atoms with van der Waals surface area (Å²) in [7, 11) is 0. The zero-order valence-corrected chi connectivity index (χ0v) is 26.9. The molecule has 238 valence electrons. The van der Waals surface area contributed by atoms with E-state index in [2.05, 4.69) is 66.1 Å². The van der Waals surface area contributed by atoms with E-state index in [1.165, 1.54) is 5.56 Å². The van der Waals surface area contributed by atoms with Gasteiger partial charge in [-0.25, -0.2) is 9.48 Å². The number of carbonyl (C=O) groups is 2. The van der Waals surface area contributed by atoms with E-state index in [1.807, 2.05) is 43.7 Å². The molecule has 4 rings (SSSR count). The SMILES string of the molecule is CC(C)(C)N[C@@H](Cc1ccc(O)cc1)C(=O)NOC(=O)CCCNc1cc(-c2ccncc2)nn1-c1ccc(C(C)(C)C)cc1. The molecule has 4 aromatic rings. The van der Waals surface area contributed by atoms with E-state index in [0.717, 1.165) is 28.3 Å². The number of carbonyl (C=O) groups excluding carboxylic acids is 2. The molecule has 0 saturated carbocycles. The lowest BCUT2D eigenvalue weighted by molar-refractivity contribution is -0.159. The van der Waals surface area contributed by atoms with Crippen molar-refractivity contribution in [3.8, 4) is 22.7 Å². The quantitative estimate of drug-likeness (QED) is 0.125. The molecule has 0 bridgehead atoms. The summed E-state index contributed by atoms with van der Waals surface area (Å²) < 4.78 is 1.86. The summed E-state index contributed by atoms with van der Waals surface area (Å²) in [5.74, 6) is -0.0415. The highest BCUT2D eigenvalue weighted by Gasteiger charge is 2.25. The summed E-state index contributed by atoms with van der Waals surface area (Å²) in [6.45, 7) is 12.9. The molecule has 10 heteroatoms. The molecule has 2 aromatic carbocycles. The van der Waals surface area contributed by atoms with Gasteiger partial charge in [0, 0.05) is 42.5 Å². The topological polar surface area (TPSA) is 130 Å². The third-order valence-electron chi connectivity index (χ3n) is 7.09. The van der Waals surface area contributed by atoms with E-state index in [1.54, 1.807) is 36.7 Å². The lowest BCUT2D eigenvalue weighted by atomic mass is 9.87. The summed E-state index contributed by atoms with van der Waals surface area (Å²) >= 11 is 0. The molecule has 0 aliphatic rings. The largest absolute Gasteiger partial charge is 0.508 e. The average Bonchev–Trinajstić information content (AvgIpc) is 3.42. The zero-order chi connectivity index (χ0) is 32.6. The number of nitrogens with zero attached hydrogens (tertiary/aromatic N) is 3. The van der Waals surface area contributed by atoms with Gasteiger partial charge in [0.15, 0.2) is 0 Å². The molecule has 1 atom stereocenters. The number of rotatable bonds is 11. The Bertz CT molecular complexity index is 1550. The summed E-state index contributed by atoms with van der Waals surface area (Å²) in [6, 6.07) is 20.2. The van der Waals surface area contributed by atoms with E-state index < -0.39 is 17.9 Å². The van der Waals surface area contributed by atoms with Gasteiger partial charge in [0.05, 0.1) is 17.4 Å². The van der Waals surface area contributed by atoms with Crippen molar-refractivity contribution in [3.63, 3.8) is 0 Å². The number of hydrogen-bond acceptors (Lipinski definition) is 8. The molecule has 0 saturated heterocycles. The van der Waals surface area contributed by atoms with Gasteiger partial charge in [-0.1, -0.05) is 45.0 Å². The molecule has 45 heavy (non-hydrogen) atoms. The average molecular weight is 613 g/mol. The molecule has 0 unspecified atom stereocenters. The second-order valence-electron chi connectivity index (χ2n) is 13.1. The number of nitrogens with one attached hydrogen (secondary N) is 3. The minimum atomic E-state index is -0.642. The number of pyridine rings is 1. The number of phenols is 1. The number of aromatic hydroxyl groups is 1. The zero-order valence-electron chi connectivity index (χ0n) is 26.9. The fourth-order valence-electron chi connectivity index (χ4n) is 4.75. The second kappa shape index (κ2) is 14.4. The molecule has 10 nitrogen and oxygen atoms in total. The molecule has 2 heterocycles. The van der Waals surface area contributed by atoms with Crippen LogP contribution in [0.1, 0.15) is 65.5 Å². The Kier molecular flexibility index (Phi) is 10.6. The fourth-order valence-corrected chi connectivity index (χ4v) is 4.75. The van der Waals surface area contributed by atoms with E-state index in [0.29, 0.717) is 19.4 Å². The van der Waals surface area contributed by atoms with E-state index >= 15 is 0 Å². The van der Waals surface area contributed by atoms with Crippen LogP contribution in [0.4, 0.5) is 5.82 Å². The van der Waals surface area contributed by atoms with Crippen molar-refractivity contribution in [1.29, 1.82) is 0 Å². The van der Waals surface area contributed by atoms with Crippen molar-refractivity contribution < 1.29 is 19.5 Å². The van der Waals surface area contributed by atoms with Crippen LogP contribution in [0.25, 0.3) is 16.9 Å². The van der Waals surface area contributed by atoms with Gasteiger partial charge < -0.3 is 20.6 Å².